The zero-order valence-electron chi connectivity index (χ0n) is 9.29. The summed E-state index contributed by atoms with van der Waals surface area (Å²) in [6, 6.07) is 0. The van der Waals surface area contributed by atoms with Gasteiger partial charge in [-0.05, 0) is 6.92 Å². The van der Waals surface area contributed by atoms with E-state index in [9.17, 15) is 14.7 Å². The van der Waals surface area contributed by atoms with E-state index in [2.05, 4.69) is 17.6 Å². The van der Waals surface area contributed by atoms with Crippen molar-refractivity contribution in [2.75, 3.05) is 5.75 Å². The Bertz CT molecular complexity index is 524. The van der Waals surface area contributed by atoms with E-state index >= 15 is 0 Å². The second-order valence-corrected chi connectivity index (χ2v) is 4.46. The van der Waals surface area contributed by atoms with Crippen LogP contribution in [0.3, 0.4) is 0 Å². The van der Waals surface area contributed by atoms with Crippen molar-refractivity contribution in [2.45, 2.75) is 31.8 Å². The molecule has 94 valence electrons. The maximum absolute atomic E-state index is 11.6. The highest BCUT2D eigenvalue weighted by Crippen LogP contribution is 2.27. The van der Waals surface area contributed by atoms with Gasteiger partial charge in [-0.3, -0.25) is 14.3 Å². The third kappa shape index (κ3) is 2.31. The summed E-state index contributed by atoms with van der Waals surface area (Å²) in [6.45, 7) is 1.61. The molecule has 0 saturated carbocycles. The molecule has 0 bridgehead atoms. The molecule has 7 heteroatoms. The largest absolute Gasteiger partial charge is 0.390 e. The number of aromatic amines is 1. The normalized spacial score (nSPS) is 28.5. The number of nitrogens with one attached hydrogen (secondary N) is 1. The van der Waals surface area contributed by atoms with Crippen molar-refractivity contribution in [3.8, 4) is 0 Å². The summed E-state index contributed by atoms with van der Waals surface area (Å²) in [5.74, 6) is 0.384. The van der Waals surface area contributed by atoms with Gasteiger partial charge >= 0.3 is 5.69 Å². The Balaban J connectivity index is 2.34. The zero-order chi connectivity index (χ0) is 12.6. The number of rotatable bonds is 2. The summed E-state index contributed by atoms with van der Waals surface area (Å²) in [4.78, 5) is 25.0. The van der Waals surface area contributed by atoms with Crippen LogP contribution in [0.4, 0.5) is 0 Å². The predicted octanol–water partition coefficient (Wildman–Crippen LogP) is -0.577. The van der Waals surface area contributed by atoms with Crippen molar-refractivity contribution in [1.82, 2.24) is 9.55 Å². The standard InChI is InChI=1S/C10H14N2O4S/c1-5-3-12(10(15)11-9(5)14)8-2-6(13)7(4-17)16-8/h3,6-8,13,17H,2,4H2,1H3,(H,11,14,15)/t6-,7+,8-/m0/s1. The highest BCUT2D eigenvalue weighted by molar-refractivity contribution is 7.80. The molecule has 0 spiro atoms. The lowest BCUT2D eigenvalue weighted by molar-refractivity contribution is -0.00746. The first-order valence-electron chi connectivity index (χ1n) is 5.29. The lowest BCUT2D eigenvalue weighted by atomic mass is 10.2. The molecule has 1 saturated heterocycles. The number of aryl methyl sites for hydroxylation is 1. The molecular formula is C10H14N2O4S. The molecular weight excluding hydrogens is 244 g/mol. The van der Waals surface area contributed by atoms with Gasteiger partial charge in [0.05, 0.1) is 12.2 Å². The van der Waals surface area contributed by atoms with E-state index in [0.29, 0.717) is 17.7 Å². The average Bonchev–Trinajstić information content (AvgIpc) is 2.65. The second kappa shape index (κ2) is 4.67. The van der Waals surface area contributed by atoms with Gasteiger partial charge in [0.1, 0.15) is 6.23 Å². The highest BCUT2D eigenvalue weighted by atomic mass is 32.1. The third-order valence-corrected chi connectivity index (χ3v) is 3.20. The summed E-state index contributed by atoms with van der Waals surface area (Å²) in [7, 11) is 0. The first-order chi connectivity index (χ1) is 8.02. The summed E-state index contributed by atoms with van der Waals surface area (Å²) >= 11 is 4.06. The van der Waals surface area contributed by atoms with Crippen molar-refractivity contribution < 1.29 is 9.84 Å². The Morgan fingerprint density at radius 2 is 2.35 bits per heavy atom. The molecule has 0 radical (unpaired) electrons. The summed E-state index contributed by atoms with van der Waals surface area (Å²) < 4.78 is 6.79. The number of thiol groups is 1. The van der Waals surface area contributed by atoms with Gasteiger partial charge < -0.3 is 9.84 Å². The molecule has 2 rings (SSSR count). The van der Waals surface area contributed by atoms with Gasteiger partial charge in [0.15, 0.2) is 0 Å². The average molecular weight is 258 g/mol. The Kier molecular flexibility index (Phi) is 3.41. The lowest BCUT2D eigenvalue weighted by Crippen LogP contribution is -2.33. The minimum Gasteiger partial charge on any atom is -0.390 e. The van der Waals surface area contributed by atoms with Gasteiger partial charge in [0.2, 0.25) is 0 Å². The zero-order valence-corrected chi connectivity index (χ0v) is 10.2. The van der Waals surface area contributed by atoms with E-state index in [0.717, 1.165) is 0 Å². The summed E-state index contributed by atoms with van der Waals surface area (Å²) in [6.07, 6.45) is 0.181. The van der Waals surface area contributed by atoms with E-state index < -0.39 is 23.6 Å². The number of aromatic nitrogens is 2. The van der Waals surface area contributed by atoms with Crippen LogP contribution in [0, 0.1) is 6.92 Å². The van der Waals surface area contributed by atoms with Gasteiger partial charge in [-0.15, -0.1) is 0 Å². The van der Waals surface area contributed by atoms with Crippen LogP contribution in [-0.2, 0) is 4.74 Å². The number of aliphatic hydroxyl groups is 1. The smallest absolute Gasteiger partial charge is 0.330 e. The van der Waals surface area contributed by atoms with E-state index in [4.69, 9.17) is 4.74 Å². The van der Waals surface area contributed by atoms with Crippen LogP contribution in [-0.4, -0.2) is 32.6 Å². The van der Waals surface area contributed by atoms with Crippen LogP contribution in [0.2, 0.25) is 0 Å². The van der Waals surface area contributed by atoms with Gasteiger partial charge in [-0.25, -0.2) is 4.79 Å². The first kappa shape index (κ1) is 12.4. The monoisotopic (exact) mass is 258 g/mol. The van der Waals surface area contributed by atoms with Gasteiger partial charge in [-0.1, -0.05) is 0 Å². The van der Waals surface area contributed by atoms with E-state index in [-0.39, 0.29) is 6.10 Å². The van der Waals surface area contributed by atoms with E-state index in [1.807, 2.05) is 0 Å². The summed E-state index contributed by atoms with van der Waals surface area (Å²) in [5, 5.41) is 9.67. The van der Waals surface area contributed by atoms with Gasteiger partial charge in [0, 0.05) is 23.9 Å². The van der Waals surface area contributed by atoms with Crippen molar-refractivity contribution in [3.63, 3.8) is 0 Å². The Labute approximate surface area is 103 Å². The molecule has 1 fully saturated rings. The molecule has 17 heavy (non-hydrogen) atoms. The van der Waals surface area contributed by atoms with Crippen LogP contribution in [0.1, 0.15) is 18.2 Å². The fraction of sp³-hybridized carbons (Fsp3) is 0.600. The van der Waals surface area contributed by atoms with Gasteiger partial charge in [-0.2, -0.15) is 12.6 Å². The molecule has 1 aromatic heterocycles. The van der Waals surface area contributed by atoms with Crippen molar-refractivity contribution in [1.29, 1.82) is 0 Å². The molecule has 0 aliphatic carbocycles. The number of H-pyrrole nitrogens is 1. The number of nitrogens with zero attached hydrogens (tertiary/aromatic N) is 1. The molecule has 0 unspecified atom stereocenters. The second-order valence-electron chi connectivity index (χ2n) is 4.09. The Morgan fingerprint density at radius 3 is 2.94 bits per heavy atom. The number of hydrogen-bond acceptors (Lipinski definition) is 5. The molecule has 0 aromatic carbocycles. The quantitative estimate of drug-likeness (QED) is 0.620. The SMILES string of the molecule is Cc1cn([C@@H]2C[C@H](O)[C@@H](CS)O2)c(=O)[nH]c1=O. The van der Waals surface area contributed by atoms with E-state index in [1.165, 1.54) is 10.8 Å². The van der Waals surface area contributed by atoms with Crippen LogP contribution in [0.5, 0.6) is 0 Å². The lowest BCUT2D eigenvalue weighted by Gasteiger charge is -2.14. The number of hydrogen-bond donors (Lipinski definition) is 3. The molecule has 2 heterocycles. The fourth-order valence-electron chi connectivity index (χ4n) is 1.85. The molecule has 1 aromatic rings. The van der Waals surface area contributed by atoms with Crippen LogP contribution in [0.25, 0.3) is 0 Å². The molecule has 6 nitrogen and oxygen atoms in total. The van der Waals surface area contributed by atoms with E-state index in [1.54, 1.807) is 6.92 Å². The molecule has 1 aliphatic rings. The molecule has 2 N–H and O–H groups in total. The Morgan fingerprint density at radius 1 is 1.65 bits per heavy atom. The molecule has 3 atom stereocenters. The predicted molar refractivity (Wildman–Crippen MR) is 64.4 cm³/mol. The van der Waals surface area contributed by atoms with Crippen molar-refractivity contribution in [2.24, 2.45) is 0 Å². The first-order valence-corrected chi connectivity index (χ1v) is 5.92. The van der Waals surface area contributed by atoms with Crippen LogP contribution < -0.4 is 11.2 Å². The fourth-order valence-corrected chi connectivity index (χ4v) is 2.18. The molecule has 0 amide bonds. The number of ether oxygens (including phenoxy) is 1. The van der Waals surface area contributed by atoms with Gasteiger partial charge in [0.25, 0.3) is 5.56 Å². The van der Waals surface area contributed by atoms with Crippen LogP contribution >= 0.6 is 12.6 Å². The summed E-state index contributed by atoms with van der Waals surface area (Å²) in [5.41, 5.74) is -0.509. The maximum Gasteiger partial charge on any atom is 0.330 e. The maximum atomic E-state index is 11.6. The van der Waals surface area contributed by atoms with Crippen LogP contribution in [0.15, 0.2) is 15.8 Å². The minimum atomic E-state index is -0.642. The third-order valence-electron chi connectivity index (χ3n) is 2.84. The number of aliphatic hydroxyl groups excluding tert-OH is 1. The minimum absolute atomic E-state index is 0.316. The topological polar surface area (TPSA) is 84.3 Å². The Hall–Kier alpha value is -1.05. The van der Waals surface area contributed by atoms with Crippen molar-refractivity contribution in [3.05, 3.63) is 32.6 Å². The molecule has 1 aliphatic heterocycles. The highest BCUT2D eigenvalue weighted by Gasteiger charge is 2.34. The van der Waals surface area contributed by atoms with Crippen molar-refractivity contribution >= 4 is 12.6 Å².